The van der Waals surface area contributed by atoms with Crippen LogP contribution < -0.4 is 4.90 Å². The number of benzene rings is 1. The predicted molar refractivity (Wildman–Crippen MR) is 62.6 cm³/mol. The summed E-state index contributed by atoms with van der Waals surface area (Å²) in [4.78, 5) is 5.14. The summed E-state index contributed by atoms with van der Waals surface area (Å²) in [6.07, 6.45) is 0. The van der Waals surface area contributed by atoms with Crippen LogP contribution in [-0.4, -0.2) is 31.6 Å². The van der Waals surface area contributed by atoms with Gasteiger partial charge in [-0.1, -0.05) is 0 Å². The third-order valence-electron chi connectivity index (χ3n) is 1.78. The molecule has 0 unspecified atom stereocenters. The van der Waals surface area contributed by atoms with Gasteiger partial charge < -0.3 is 9.45 Å². The highest BCUT2D eigenvalue weighted by Crippen LogP contribution is 2.23. The molecule has 0 saturated carbocycles. The zero-order valence-electron chi connectivity index (χ0n) is 9.65. The van der Waals surface area contributed by atoms with Crippen LogP contribution in [0.15, 0.2) is 18.2 Å². The number of hydrogen-bond acceptors (Lipinski definition) is 5. The molecule has 0 radical (unpaired) electrons. The van der Waals surface area contributed by atoms with E-state index in [0.29, 0.717) is 5.69 Å². The molecule has 0 aliphatic heterocycles. The van der Waals surface area contributed by atoms with Crippen LogP contribution >= 0.6 is 0 Å². The molecule has 0 spiro atoms. The Morgan fingerprint density at radius 3 is 2.18 bits per heavy atom. The number of anilines is 1. The third kappa shape index (κ3) is 7.24. The van der Waals surface area contributed by atoms with Gasteiger partial charge in [-0.15, -0.1) is 0 Å². The van der Waals surface area contributed by atoms with Gasteiger partial charge in [-0.25, -0.2) is 8.42 Å². The van der Waals surface area contributed by atoms with Gasteiger partial charge in [0.2, 0.25) is 15.8 Å². The molecule has 0 saturated heterocycles. The lowest BCUT2D eigenvalue weighted by Crippen LogP contribution is -2.09. The van der Waals surface area contributed by atoms with Crippen LogP contribution in [0.3, 0.4) is 0 Å². The Morgan fingerprint density at radius 2 is 1.88 bits per heavy atom. The predicted octanol–water partition coefficient (Wildman–Crippen LogP) is 1.55. The Kier molecular flexibility index (Phi) is 5.53. The molecule has 0 atom stereocenters. The molecule has 0 fully saturated rings. The lowest BCUT2D eigenvalue weighted by atomic mass is 10.1. The van der Waals surface area contributed by atoms with Crippen molar-refractivity contribution in [3.8, 4) is 0 Å². The maximum absolute atomic E-state index is 8.63. The van der Waals surface area contributed by atoms with E-state index >= 15 is 0 Å². The van der Waals surface area contributed by atoms with Gasteiger partial charge in [0, 0.05) is 31.9 Å². The summed E-state index contributed by atoms with van der Waals surface area (Å²) < 4.78 is 32.8. The molecule has 0 amide bonds. The molecule has 0 heterocycles. The van der Waals surface area contributed by atoms with Crippen LogP contribution in [-0.2, 0) is 10.4 Å². The van der Waals surface area contributed by atoms with Gasteiger partial charge in [0.15, 0.2) is 4.98 Å². The average Bonchev–Trinajstić information content (AvgIpc) is 2.14. The summed E-state index contributed by atoms with van der Waals surface area (Å²) in [5, 5.41) is 8.50. The van der Waals surface area contributed by atoms with Crippen molar-refractivity contribution in [2.75, 3.05) is 19.0 Å². The summed E-state index contributed by atoms with van der Waals surface area (Å²) in [7, 11) is -0.948. The Bertz CT molecular complexity index is 512. The third-order valence-corrected chi connectivity index (χ3v) is 1.78. The van der Waals surface area contributed by atoms with E-state index in [-0.39, 0.29) is 0 Å². The average molecular weight is 259 g/mol. The van der Waals surface area contributed by atoms with E-state index in [2.05, 4.69) is 4.98 Å². The van der Waals surface area contributed by atoms with Gasteiger partial charge in [-0.2, -0.15) is 0 Å². The van der Waals surface area contributed by atoms with Gasteiger partial charge in [-0.05, 0) is 18.6 Å². The second-order valence-corrected chi connectivity index (χ2v) is 4.25. The number of aryl methyl sites for hydroxylation is 1. The Balaban J connectivity index is 0.000000437. The second kappa shape index (κ2) is 6.15. The molecule has 0 aliphatic rings. The Hall–Kier alpha value is -1.69. The SMILES string of the molecule is Cc1cc([N+]#N)ccc1N(C)C.O=S(=O)([O-])O. The van der Waals surface area contributed by atoms with Crippen molar-refractivity contribution in [3.05, 3.63) is 28.7 Å². The molecule has 94 valence electrons. The lowest BCUT2D eigenvalue weighted by Gasteiger charge is -2.13. The van der Waals surface area contributed by atoms with Crippen molar-refractivity contribution in [1.82, 2.24) is 0 Å². The highest BCUT2D eigenvalue weighted by molar-refractivity contribution is 7.79. The quantitative estimate of drug-likeness (QED) is 0.465. The zero-order valence-corrected chi connectivity index (χ0v) is 10.5. The van der Waals surface area contributed by atoms with Crippen LogP contribution in [0.4, 0.5) is 11.4 Å². The van der Waals surface area contributed by atoms with Crippen molar-refractivity contribution in [3.63, 3.8) is 0 Å². The summed E-state index contributed by atoms with van der Waals surface area (Å²) >= 11 is 0. The normalized spacial score (nSPS) is 9.88. The van der Waals surface area contributed by atoms with E-state index in [4.69, 9.17) is 22.9 Å². The van der Waals surface area contributed by atoms with Gasteiger partial charge >= 0.3 is 5.69 Å². The van der Waals surface area contributed by atoms with Crippen LogP contribution in [0.2, 0.25) is 0 Å². The summed E-state index contributed by atoms with van der Waals surface area (Å²) in [5.74, 6) is 0. The highest BCUT2D eigenvalue weighted by atomic mass is 32.3. The Morgan fingerprint density at radius 1 is 1.41 bits per heavy atom. The first-order valence-electron chi connectivity index (χ1n) is 4.46. The minimum Gasteiger partial charge on any atom is -0.726 e. The van der Waals surface area contributed by atoms with E-state index in [9.17, 15) is 0 Å². The standard InChI is InChI=1S/C9H12N3.H2O4S/c1-7-6-8(11-10)4-5-9(7)12(2)3;1-5(2,3)4/h4-6H,1-3H3;(H2,1,2,3,4)/q+1;/p-1. The minimum atomic E-state index is -4.92. The summed E-state index contributed by atoms with van der Waals surface area (Å²) in [6.45, 7) is 1.99. The topological polar surface area (TPSA) is 109 Å². The molecule has 0 bridgehead atoms. The maximum Gasteiger partial charge on any atom is 0.385 e. The fraction of sp³-hybridized carbons (Fsp3) is 0.333. The van der Waals surface area contributed by atoms with Crippen LogP contribution in [0.1, 0.15) is 5.56 Å². The van der Waals surface area contributed by atoms with Crippen LogP contribution in [0.25, 0.3) is 4.98 Å². The first-order chi connectivity index (χ1) is 7.65. The number of diazo groups is 1. The Labute approximate surface area is 99.9 Å². The van der Waals surface area contributed by atoms with E-state index in [0.717, 1.165) is 11.3 Å². The van der Waals surface area contributed by atoms with Gasteiger partial charge in [0.1, 0.15) is 0 Å². The van der Waals surface area contributed by atoms with Crippen molar-refractivity contribution in [1.29, 1.82) is 5.39 Å². The molecular formula is C9H13N3O4S. The zero-order chi connectivity index (χ0) is 13.6. The first kappa shape index (κ1) is 15.3. The van der Waals surface area contributed by atoms with E-state index in [1.54, 1.807) is 6.07 Å². The molecule has 7 nitrogen and oxygen atoms in total. The molecule has 8 heteroatoms. The van der Waals surface area contributed by atoms with Crippen molar-refractivity contribution >= 4 is 21.8 Å². The summed E-state index contributed by atoms with van der Waals surface area (Å²) in [5.41, 5.74) is 2.84. The van der Waals surface area contributed by atoms with Gasteiger partial charge in [0.25, 0.3) is 0 Å². The van der Waals surface area contributed by atoms with Crippen LogP contribution in [0, 0.1) is 12.3 Å². The van der Waals surface area contributed by atoms with E-state index in [1.165, 1.54) is 0 Å². The van der Waals surface area contributed by atoms with Crippen molar-refractivity contribution in [2.24, 2.45) is 0 Å². The largest absolute Gasteiger partial charge is 0.726 e. The lowest BCUT2D eigenvalue weighted by molar-refractivity contribution is 0.366. The molecule has 1 aromatic rings. The fourth-order valence-electron chi connectivity index (χ4n) is 1.20. The van der Waals surface area contributed by atoms with Crippen LogP contribution in [0.5, 0.6) is 0 Å². The highest BCUT2D eigenvalue weighted by Gasteiger charge is 2.07. The number of rotatable bonds is 1. The smallest absolute Gasteiger partial charge is 0.385 e. The molecule has 0 aromatic heterocycles. The fourth-order valence-corrected chi connectivity index (χ4v) is 1.20. The molecule has 1 N–H and O–H groups in total. The van der Waals surface area contributed by atoms with Crippen molar-refractivity contribution in [2.45, 2.75) is 6.92 Å². The van der Waals surface area contributed by atoms with E-state index < -0.39 is 10.4 Å². The van der Waals surface area contributed by atoms with Gasteiger partial charge in [0.05, 0.1) is 0 Å². The number of hydrogen-bond donors (Lipinski definition) is 1. The van der Waals surface area contributed by atoms with Crippen molar-refractivity contribution < 1.29 is 17.5 Å². The first-order valence-corrected chi connectivity index (χ1v) is 5.83. The number of nitrogens with zero attached hydrogens (tertiary/aromatic N) is 3. The summed E-state index contributed by atoms with van der Waals surface area (Å²) in [6, 6.07) is 5.56. The van der Waals surface area contributed by atoms with E-state index in [1.807, 2.05) is 38.1 Å². The molecule has 17 heavy (non-hydrogen) atoms. The maximum atomic E-state index is 8.63. The second-order valence-electron chi connectivity index (χ2n) is 3.39. The molecule has 1 aromatic carbocycles. The van der Waals surface area contributed by atoms with Gasteiger partial charge in [-0.3, -0.25) is 4.55 Å². The molecule has 0 aliphatic carbocycles. The monoisotopic (exact) mass is 259 g/mol. The minimum absolute atomic E-state index is 0.595. The molecule has 1 rings (SSSR count). The molecular weight excluding hydrogens is 246 g/mol.